The quantitative estimate of drug-likeness (QED) is 0.484. The predicted octanol–water partition coefficient (Wildman–Crippen LogP) is 4.47. The largest absolute Gasteiger partial charge is 0.456 e. The minimum absolute atomic E-state index is 0.0534. The van der Waals surface area contributed by atoms with Crippen LogP contribution in [0.15, 0.2) is 36.8 Å². The van der Waals surface area contributed by atoms with Crippen LogP contribution in [0.4, 0.5) is 0 Å². The molecule has 0 fully saturated rings. The van der Waals surface area contributed by atoms with Crippen LogP contribution in [0, 0.1) is 0 Å². The van der Waals surface area contributed by atoms with Gasteiger partial charge in [0.05, 0.1) is 21.2 Å². The van der Waals surface area contributed by atoms with E-state index in [1.165, 1.54) is 23.9 Å². The van der Waals surface area contributed by atoms with Gasteiger partial charge in [0, 0.05) is 16.3 Å². The second kappa shape index (κ2) is 6.66. The Kier molecular flexibility index (Phi) is 4.34. The molecule has 4 rings (SSSR count). The number of thiophene rings is 1. The number of ether oxygens (including phenoxy) is 1. The number of aromatic nitrogens is 4. The third-order valence-electron chi connectivity index (χ3n) is 4.05. The van der Waals surface area contributed by atoms with Crippen LogP contribution in [0.25, 0.3) is 15.9 Å². The van der Waals surface area contributed by atoms with Gasteiger partial charge in [-0.15, -0.1) is 11.3 Å². The fourth-order valence-corrected chi connectivity index (χ4v) is 4.28. The molecule has 4 aromatic rings. The zero-order chi connectivity index (χ0) is 18.3. The van der Waals surface area contributed by atoms with Gasteiger partial charge in [0.25, 0.3) is 5.78 Å². The molecule has 3 heterocycles. The number of hydrogen-bond acceptors (Lipinski definition) is 6. The molecule has 26 heavy (non-hydrogen) atoms. The number of nitrogens with zero attached hydrogens (tertiary/aromatic N) is 4. The summed E-state index contributed by atoms with van der Waals surface area (Å²) >= 11 is 7.94. The average molecular weight is 387 g/mol. The standard InChI is InChI=1S/C18H15ClN4O2S/c1-10(2)16-12(7-20-18-21-9-22-23(16)18)17(24)25-8-14-15(19)11-5-3-4-6-13(11)26-14/h3-7,9-10H,8H2,1-2H3. The van der Waals surface area contributed by atoms with Crippen molar-refractivity contribution in [2.75, 3.05) is 0 Å². The summed E-state index contributed by atoms with van der Waals surface area (Å²) in [6.07, 6.45) is 2.91. The summed E-state index contributed by atoms with van der Waals surface area (Å²) in [5, 5.41) is 5.76. The number of hydrogen-bond donors (Lipinski definition) is 0. The molecule has 0 N–H and O–H groups in total. The molecule has 132 valence electrons. The van der Waals surface area contributed by atoms with Crippen LogP contribution in [0.3, 0.4) is 0 Å². The molecule has 8 heteroatoms. The van der Waals surface area contributed by atoms with E-state index in [1.807, 2.05) is 38.1 Å². The van der Waals surface area contributed by atoms with E-state index in [0.717, 1.165) is 20.7 Å². The molecule has 6 nitrogen and oxygen atoms in total. The van der Waals surface area contributed by atoms with E-state index < -0.39 is 5.97 Å². The van der Waals surface area contributed by atoms with Crippen molar-refractivity contribution >= 4 is 44.8 Å². The number of halogens is 1. The maximum atomic E-state index is 12.7. The molecular weight excluding hydrogens is 372 g/mol. The van der Waals surface area contributed by atoms with Crippen molar-refractivity contribution < 1.29 is 9.53 Å². The Morgan fingerprint density at radius 1 is 1.31 bits per heavy atom. The van der Waals surface area contributed by atoms with Crippen molar-refractivity contribution in [1.82, 2.24) is 19.6 Å². The number of esters is 1. The van der Waals surface area contributed by atoms with Crippen LogP contribution in [0.1, 0.15) is 40.7 Å². The lowest BCUT2D eigenvalue weighted by Gasteiger charge is -2.12. The lowest BCUT2D eigenvalue weighted by molar-refractivity contribution is 0.0473. The minimum Gasteiger partial charge on any atom is -0.456 e. The lowest BCUT2D eigenvalue weighted by atomic mass is 10.1. The summed E-state index contributed by atoms with van der Waals surface area (Å²) in [6, 6.07) is 7.85. The van der Waals surface area contributed by atoms with Gasteiger partial charge in [0.15, 0.2) is 0 Å². The molecule has 0 spiro atoms. The van der Waals surface area contributed by atoms with E-state index in [0.29, 0.717) is 16.4 Å². The Morgan fingerprint density at radius 3 is 2.88 bits per heavy atom. The maximum Gasteiger partial charge on any atom is 0.341 e. The minimum atomic E-state index is -0.452. The molecule has 0 bridgehead atoms. The van der Waals surface area contributed by atoms with Crippen molar-refractivity contribution in [3.05, 3.63) is 57.9 Å². The first-order valence-electron chi connectivity index (χ1n) is 8.08. The Bertz CT molecular complexity index is 1120. The van der Waals surface area contributed by atoms with Gasteiger partial charge in [-0.3, -0.25) is 0 Å². The molecule has 0 saturated carbocycles. The smallest absolute Gasteiger partial charge is 0.341 e. The van der Waals surface area contributed by atoms with E-state index in [9.17, 15) is 4.79 Å². The van der Waals surface area contributed by atoms with E-state index in [-0.39, 0.29) is 12.5 Å². The van der Waals surface area contributed by atoms with Crippen LogP contribution < -0.4 is 0 Å². The first kappa shape index (κ1) is 16.9. The monoisotopic (exact) mass is 386 g/mol. The summed E-state index contributed by atoms with van der Waals surface area (Å²) < 4.78 is 8.17. The Balaban J connectivity index is 1.63. The maximum absolute atomic E-state index is 12.7. The normalized spacial score (nSPS) is 11.5. The molecule has 0 aliphatic rings. The number of carbonyl (C=O) groups is 1. The lowest BCUT2D eigenvalue weighted by Crippen LogP contribution is -2.14. The van der Waals surface area contributed by atoms with Gasteiger partial charge in [0.1, 0.15) is 12.9 Å². The van der Waals surface area contributed by atoms with Gasteiger partial charge in [-0.1, -0.05) is 43.6 Å². The molecule has 0 aliphatic carbocycles. The molecule has 0 atom stereocenters. The van der Waals surface area contributed by atoms with Crippen molar-refractivity contribution in [1.29, 1.82) is 0 Å². The van der Waals surface area contributed by atoms with E-state index in [4.69, 9.17) is 16.3 Å². The molecule has 0 unspecified atom stereocenters. The highest BCUT2D eigenvalue weighted by atomic mass is 35.5. The zero-order valence-corrected chi connectivity index (χ0v) is 15.7. The fourth-order valence-electron chi connectivity index (χ4n) is 2.88. The van der Waals surface area contributed by atoms with Crippen molar-refractivity contribution in [2.45, 2.75) is 26.4 Å². The molecule has 0 radical (unpaired) electrons. The van der Waals surface area contributed by atoms with Crippen LogP contribution in [-0.2, 0) is 11.3 Å². The van der Waals surface area contributed by atoms with Crippen LogP contribution in [0.5, 0.6) is 0 Å². The van der Waals surface area contributed by atoms with E-state index >= 15 is 0 Å². The van der Waals surface area contributed by atoms with E-state index in [2.05, 4.69) is 15.1 Å². The molecule has 0 aliphatic heterocycles. The second-order valence-electron chi connectivity index (χ2n) is 6.10. The van der Waals surface area contributed by atoms with Gasteiger partial charge in [-0.25, -0.2) is 14.3 Å². The summed E-state index contributed by atoms with van der Waals surface area (Å²) in [7, 11) is 0. The summed E-state index contributed by atoms with van der Waals surface area (Å²) in [6.45, 7) is 4.08. The second-order valence-corrected chi connectivity index (χ2v) is 7.61. The molecular formula is C18H15ClN4O2S. The summed E-state index contributed by atoms with van der Waals surface area (Å²) in [4.78, 5) is 21.7. The first-order chi connectivity index (χ1) is 12.6. The average Bonchev–Trinajstić information content (AvgIpc) is 3.23. The SMILES string of the molecule is CC(C)c1c(C(=O)OCc2sc3ccccc3c2Cl)cnc2ncnn12. The Labute approximate surface area is 158 Å². The summed E-state index contributed by atoms with van der Waals surface area (Å²) in [5.41, 5.74) is 1.11. The van der Waals surface area contributed by atoms with Gasteiger partial charge in [-0.2, -0.15) is 10.1 Å². The number of rotatable bonds is 4. The number of carbonyl (C=O) groups excluding carboxylic acids is 1. The zero-order valence-electron chi connectivity index (χ0n) is 14.1. The Morgan fingerprint density at radius 2 is 2.12 bits per heavy atom. The number of benzene rings is 1. The third kappa shape index (κ3) is 2.83. The molecule has 0 amide bonds. The van der Waals surface area contributed by atoms with Crippen molar-refractivity contribution in [3.63, 3.8) is 0 Å². The van der Waals surface area contributed by atoms with E-state index in [1.54, 1.807) is 4.52 Å². The fraction of sp³-hybridized carbons (Fsp3) is 0.222. The molecule has 0 saturated heterocycles. The van der Waals surface area contributed by atoms with Gasteiger partial charge in [0.2, 0.25) is 0 Å². The van der Waals surface area contributed by atoms with Gasteiger partial charge < -0.3 is 4.74 Å². The van der Waals surface area contributed by atoms with Crippen LogP contribution >= 0.6 is 22.9 Å². The number of fused-ring (bicyclic) bond motifs is 2. The highest BCUT2D eigenvalue weighted by molar-refractivity contribution is 7.19. The predicted molar refractivity (Wildman–Crippen MR) is 101 cm³/mol. The van der Waals surface area contributed by atoms with Crippen molar-refractivity contribution in [3.8, 4) is 0 Å². The Hall–Kier alpha value is -2.51. The molecule has 1 aromatic carbocycles. The third-order valence-corrected chi connectivity index (χ3v) is 5.73. The van der Waals surface area contributed by atoms with Gasteiger partial charge >= 0.3 is 5.97 Å². The first-order valence-corrected chi connectivity index (χ1v) is 9.27. The van der Waals surface area contributed by atoms with Gasteiger partial charge in [-0.05, 0) is 12.0 Å². The highest BCUT2D eigenvalue weighted by Gasteiger charge is 2.21. The van der Waals surface area contributed by atoms with Crippen molar-refractivity contribution in [2.24, 2.45) is 0 Å². The highest BCUT2D eigenvalue weighted by Crippen LogP contribution is 2.35. The van der Waals surface area contributed by atoms with Crippen LogP contribution in [0.2, 0.25) is 5.02 Å². The molecule has 3 aromatic heterocycles. The van der Waals surface area contributed by atoms with Crippen LogP contribution in [-0.4, -0.2) is 25.6 Å². The summed E-state index contributed by atoms with van der Waals surface area (Å²) in [5.74, 6) is 0.0580. The topological polar surface area (TPSA) is 69.4 Å².